The molecule has 7 heteroatoms. The molecule has 1 unspecified atom stereocenters. The average molecular weight is 465 g/mol. The lowest BCUT2D eigenvalue weighted by Gasteiger charge is -2.37. The number of nitrogens with one attached hydrogen (secondary N) is 1. The minimum absolute atomic E-state index is 0.0396. The van der Waals surface area contributed by atoms with Crippen LogP contribution in [0.1, 0.15) is 50.7 Å². The number of fused-ring (bicyclic) bond motifs is 3. The van der Waals surface area contributed by atoms with Gasteiger partial charge in [-0.3, -0.25) is 9.59 Å². The maximum Gasteiger partial charge on any atom is 0.407 e. The van der Waals surface area contributed by atoms with Gasteiger partial charge in [-0.05, 0) is 49.4 Å². The van der Waals surface area contributed by atoms with E-state index in [1.807, 2.05) is 57.2 Å². The summed E-state index contributed by atoms with van der Waals surface area (Å²) in [5.41, 5.74) is 3.87. The number of nitrogens with zero attached hydrogens (tertiary/aromatic N) is 1. The summed E-state index contributed by atoms with van der Waals surface area (Å²) in [6.45, 7) is 9.70. The molecule has 0 fully saturated rings. The summed E-state index contributed by atoms with van der Waals surface area (Å²) in [6.07, 6.45) is 0.553. The Balaban J connectivity index is 1.73. The van der Waals surface area contributed by atoms with Crippen molar-refractivity contribution in [3.8, 4) is 11.1 Å². The van der Waals surface area contributed by atoms with Crippen molar-refractivity contribution < 1.29 is 24.2 Å². The van der Waals surface area contributed by atoms with Crippen LogP contribution in [-0.2, 0) is 14.3 Å². The van der Waals surface area contributed by atoms with E-state index in [9.17, 15) is 14.4 Å². The van der Waals surface area contributed by atoms with Crippen molar-refractivity contribution in [3.05, 3.63) is 72.3 Å². The topological polar surface area (TPSA) is 95.9 Å². The second kappa shape index (κ2) is 10.5. The fourth-order valence-corrected chi connectivity index (χ4v) is 4.32. The van der Waals surface area contributed by atoms with Gasteiger partial charge >= 0.3 is 12.1 Å². The Bertz CT molecular complexity index is 1030. The SMILES string of the molecule is C=CCN(C(=O)C(CCC(=O)O)NC(=O)OCC1c2ccccc2-c2ccccc21)C(C)(C)C. The lowest BCUT2D eigenvalue weighted by Crippen LogP contribution is -2.54. The fraction of sp³-hybridized carbons (Fsp3) is 0.370. The molecule has 0 bridgehead atoms. The number of aliphatic carboxylic acids is 1. The molecule has 0 heterocycles. The van der Waals surface area contributed by atoms with Gasteiger partial charge in [0.05, 0.1) is 0 Å². The number of benzene rings is 2. The second-order valence-corrected chi connectivity index (χ2v) is 9.36. The molecule has 1 aliphatic rings. The predicted molar refractivity (Wildman–Crippen MR) is 131 cm³/mol. The number of ether oxygens (including phenoxy) is 1. The van der Waals surface area contributed by atoms with Crippen molar-refractivity contribution in [3.63, 3.8) is 0 Å². The molecule has 0 saturated heterocycles. The lowest BCUT2D eigenvalue weighted by molar-refractivity contribution is -0.139. The molecule has 0 aromatic heterocycles. The molecule has 0 spiro atoms. The highest BCUT2D eigenvalue weighted by Crippen LogP contribution is 2.44. The minimum Gasteiger partial charge on any atom is -0.481 e. The third kappa shape index (κ3) is 5.65. The Morgan fingerprint density at radius 1 is 1.09 bits per heavy atom. The van der Waals surface area contributed by atoms with Crippen LogP contribution < -0.4 is 5.32 Å². The van der Waals surface area contributed by atoms with Gasteiger partial charge in [-0.15, -0.1) is 6.58 Å². The van der Waals surface area contributed by atoms with Crippen molar-refractivity contribution in [1.29, 1.82) is 0 Å². The highest BCUT2D eigenvalue weighted by atomic mass is 16.5. The molecule has 34 heavy (non-hydrogen) atoms. The summed E-state index contributed by atoms with van der Waals surface area (Å²) < 4.78 is 5.56. The molecule has 0 radical (unpaired) electrons. The third-order valence-corrected chi connectivity index (χ3v) is 5.97. The van der Waals surface area contributed by atoms with Crippen molar-refractivity contribution in [2.45, 2.75) is 51.1 Å². The van der Waals surface area contributed by atoms with Crippen molar-refractivity contribution in [2.24, 2.45) is 0 Å². The maximum absolute atomic E-state index is 13.2. The van der Waals surface area contributed by atoms with Gasteiger partial charge < -0.3 is 20.1 Å². The number of carboxylic acids is 1. The van der Waals surface area contributed by atoms with Gasteiger partial charge in [0.1, 0.15) is 12.6 Å². The molecule has 2 aromatic rings. The molecule has 2 aromatic carbocycles. The van der Waals surface area contributed by atoms with Gasteiger partial charge in [0.25, 0.3) is 0 Å². The zero-order valence-corrected chi connectivity index (χ0v) is 19.9. The normalized spacial score (nSPS) is 13.4. The molecular weight excluding hydrogens is 432 g/mol. The maximum atomic E-state index is 13.2. The number of amides is 2. The van der Waals surface area contributed by atoms with E-state index in [0.29, 0.717) is 0 Å². The van der Waals surface area contributed by atoms with E-state index >= 15 is 0 Å². The van der Waals surface area contributed by atoms with Gasteiger partial charge in [-0.1, -0.05) is 54.6 Å². The molecule has 2 amide bonds. The summed E-state index contributed by atoms with van der Waals surface area (Å²) in [4.78, 5) is 38.7. The zero-order chi connectivity index (χ0) is 24.9. The quantitative estimate of drug-likeness (QED) is 0.530. The number of hydrogen-bond acceptors (Lipinski definition) is 4. The standard InChI is InChI=1S/C27H32N2O5/c1-5-16-29(27(2,3)4)25(32)23(14-15-24(30)31)28-26(33)34-17-22-20-12-8-6-10-18(20)19-11-7-9-13-21(19)22/h5-13,22-23H,1,14-17H2,2-4H3,(H,28,33)(H,30,31). The predicted octanol–water partition coefficient (Wildman–Crippen LogP) is 4.57. The summed E-state index contributed by atoms with van der Waals surface area (Å²) in [7, 11) is 0. The Morgan fingerprint density at radius 3 is 2.15 bits per heavy atom. The number of carboxylic acid groups (broad SMARTS) is 1. The fourth-order valence-electron chi connectivity index (χ4n) is 4.32. The molecule has 7 nitrogen and oxygen atoms in total. The van der Waals surface area contributed by atoms with Gasteiger partial charge in [-0.2, -0.15) is 0 Å². The smallest absolute Gasteiger partial charge is 0.407 e. The zero-order valence-electron chi connectivity index (χ0n) is 19.9. The van der Waals surface area contributed by atoms with Crippen LogP contribution in [-0.4, -0.2) is 52.7 Å². The Morgan fingerprint density at radius 2 is 1.65 bits per heavy atom. The Labute approximate surface area is 200 Å². The Kier molecular flexibility index (Phi) is 7.76. The summed E-state index contributed by atoms with van der Waals surface area (Å²) in [5.74, 6) is -1.53. The molecule has 0 saturated carbocycles. The lowest BCUT2D eigenvalue weighted by atomic mass is 9.98. The van der Waals surface area contributed by atoms with Crippen LogP contribution in [0.15, 0.2) is 61.2 Å². The van der Waals surface area contributed by atoms with Gasteiger partial charge in [0.15, 0.2) is 0 Å². The molecule has 180 valence electrons. The first-order valence-corrected chi connectivity index (χ1v) is 11.4. The molecule has 3 rings (SSSR count). The second-order valence-electron chi connectivity index (χ2n) is 9.36. The van der Waals surface area contributed by atoms with Crippen molar-refractivity contribution in [2.75, 3.05) is 13.2 Å². The monoisotopic (exact) mass is 464 g/mol. The molecule has 0 aliphatic heterocycles. The van der Waals surface area contributed by atoms with E-state index in [1.165, 1.54) is 0 Å². The van der Waals surface area contributed by atoms with Crippen molar-refractivity contribution in [1.82, 2.24) is 10.2 Å². The number of hydrogen-bond donors (Lipinski definition) is 2. The number of rotatable bonds is 9. The van der Waals surface area contributed by atoms with Gasteiger partial charge in [-0.25, -0.2) is 4.79 Å². The first-order chi connectivity index (χ1) is 16.1. The summed E-state index contributed by atoms with van der Waals surface area (Å²) >= 11 is 0. The van der Waals surface area contributed by atoms with E-state index in [4.69, 9.17) is 9.84 Å². The average Bonchev–Trinajstić information content (AvgIpc) is 3.11. The Hall–Kier alpha value is -3.61. The third-order valence-electron chi connectivity index (χ3n) is 5.97. The first-order valence-electron chi connectivity index (χ1n) is 11.4. The molecule has 1 atom stereocenters. The van der Waals surface area contributed by atoms with Gasteiger partial charge in [0.2, 0.25) is 5.91 Å². The van der Waals surface area contributed by atoms with E-state index in [2.05, 4.69) is 24.0 Å². The number of carbonyl (C=O) groups excluding carboxylic acids is 2. The number of alkyl carbamates (subject to hydrolysis) is 1. The van der Waals surface area contributed by atoms with Crippen LogP contribution in [0, 0.1) is 0 Å². The van der Waals surface area contributed by atoms with E-state index < -0.39 is 23.6 Å². The van der Waals surface area contributed by atoms with E-state index in [1.54, 1.807) is 11.0 Å². The molecule has 2 N–H and O–H groups in total. The highest BCUT2D eigenvalue weighted by molar-refractivity contribution is 5.87. The van der Waals surface area contributed by atoms with E-state index in [-0.39, 0.29) is 37.8 Å². The van der Waals surface area contributed by atoms with Crippen molar-refractivity contribution >= 4 is 18.0 Å². The van der Waals surface area contributed by atoms with Crippen LogP contribution >= 0.6 is 0 Å². The van der Waals surface area contributed by atoms with Crippen LogP contribution in [0.5, 0.6) is 0 Å². The highest BCUT2D eigenvalue weighted by Gasteiger charge is 2.33. The summed E-state index contributed by atoms with van der Waals surface area (Å²) in [5, 5.41) is 11.7. The molecular formula is C27H32N2O5. The molecule has 1 aliphatic carbocycles. The van der Waals surface area contributed by atoms with Crippen LogP contribution in [0.2, 0.25) is 0 Å². The van der Waals surface area contributed by atoms with Crippen LogP contribution in [0.4, 0.5) is 4.79 Å². The van der Waals surface area contributed by atoms with E-state index in [0.717, 1.165) is 22.3 Å². The van der Waals surface area contributed by atoms with Crippen LogP contribution in [0.3, 0.4) is 0 Å². The number of carbonyl (C=O) groups is 3. The first kappa shape index (κ1) is 25.0. The summed E-state index contributed by atoms with van der Waals surface area (Å²) in [6, 6.07) is 15.0. The van der Waals surface area contributed by atoms with Gasteiger partial charge in [0, 0.05) is 24.4 Å². The largest absolute Gasteiger partial charge is 0.481 e. The minimum atomic E-state index is -1.04. The van der Waals surface area contributed by atoms with Crippen LogP contribution in [0.25, 0.3) is 11.1 Å².